The van der Waals surface area contributed by atoms with Gasteiger partial charge in [-0.3, -0.25) is 0 Å². The van der Waals surface area contributed by atoms with Crippen molar-refractivity contribution in [1.82, 2.24) is 5.32 Å². The topological polar surface area (TPSA) is 24.5 Å². The maximum atomic E-state index is 14.1. The van der Waals surface area contributed by atoms with Gasteiger partial charge < -0.3 is 15.0 Å². The summed E-state index contributed by atoms with van der Waals surface area (Å²) >= 11 is 0. The van der Waals surface area contributed by atoms with Crippen LogP contribution in [0.2, 0.25) is 0 Å². The highest BCUT2D eigenvalue weighted by Gasteiger charge is 2.25. The maximum Gasteiger partial charge on any atom is 0.146 e. The third-order valence-electron chi connectivity index (χ3n) is 3.17. The molecule has 1 aromatic carbocycles. The maximum absolute atomic E-state index is 14.1. The minimum Gasteiger partial charge on any atom is -0.372 e. The number of rotatable bonds is 3. The normalized spacial score (nSPS) is 24.3. The van der Waals surface area contributed by atoms with Crippen molar-refractivity contribution in [1.29, 1.82) is 0 Å². The van der Waals surface area contributed by atoms with Gasteiger partial charge in [0.1, 0.15) is 5.82 Å². The largest absolute Gasteiger partial charge is 0.372 e. The highest BCUT2D eigenvalue weighted by molar-refractivity contribution is 5.55. The molecule has 1 aliphatic rings. The second-order valence-electron chi connectivity index (χ2n) is 4.94. The van der Waals surface area contributed by atoms with Gasteiger partial charge in [-0.1, -0.05) is 12.1 Å². The van der Waals surface area contributed by atoms with E-state index in [2.05, 4.69) is 10.2 Å². The Labute approximate surface area is 108 Å². The van der Waals surface area contributed by atoms with Crippen LogP contribution in [-0.2, 0) is 11.3 Å². The molecule has 1 saturated heterocycles. The summed E-state index contributed by atoms with van der Waals surface area (Å²) in [4.78, 5) is 2.10. The van der Waals surface area contributed by atoms with Crippen molar-refractivity contribution in [3.8, 4) is 0 Å². The molecule has 4 heteroatoms. The Kier molecular flexibility index (Phi) is 4.19. The average molecular weight is 252 g/mol. The molecule has 2 atom stereocenters. The highest BCUT2D eigenvalue weighted by Crippen LogP contribution is 2.27. The zero-order valence-electron chi connectivity index (χ0n) is 11.2. The predicted molar refractivity (Wildman–Crippen MR) is 71.4 cm³/mol. The summed E-state index contributed by atoms with van der Waals surface area (Å²) in [5, 5.41) is 3.09. The Bertz CT molecular complexity index is 401. The third kappa shape index (κ3) is 2.82. The van der Waals surface area contributed by atoms with E-state index in [9.17, 15) is 4.39 Å². The minimum atomic E-state index is -0.149. The van der Waals surface area contributed by atoms with Crippen molar-refractivity contribution in [3.05, 3.63) is 29.6 Å². The number of halogens is 1. The van der Waals surface area contributed by atoms with Gasteiger partial charge in [0.25, 0.3) is 0 Å². The van der Waals surface area contributed by atoms with Gasteiger partial charge in [-0.2, -0.15) is 0 Å². The van der Waals surface area contributed by atoms with Gasteiger partial charge in [0.2, 0.25) is 0 Å². The first kappa shape index (κ1) is 13.3. The predicted octanol–water partition coefficient (Wildman–Crippen LogP) is 2.16. The molecule has 0 bridgehead atoms. The van der Waals surface area contributed by atoms with Gasteiger partial charge in [-0.05, 0) is 32.5 Å². The van der Waals surface area contributed by atoms with E-state index in [4.69, 9.17) is 4.74 Å². The van der Waals surface area contributed by atoms with Crippen LogP contribution in [-0.4, -0.2) is 32.3 Å². The van der Waals surface area contributed by atoms with Crippen LogP contribution >= 0.6 is 0 Å². The molecule has 0 aliphatic carbocycles. The van der Waals surface area contributed by atoms with E-state index in [0.717, 1.165) is 18.7 Å². The fourth-order valence-electron chi connectivity index (χ4n) is 2.61. The summed E-state index contributed by atoms with van der Waals surface area (Å²) in [6, 6.07) is 5.26. The molecule has 2 unspecified atom stereocenters. The first-order chi connectivity index (χ1) is 8.61. The first-order valence-electron chi connectivity index (χ1n) is 6.44. The van der Waals surface area contributed by atoms with Crippen molar-refractivity contribution < 1.29 is 9.13 Å². The van der Waals surface area contributed by atoms with E-state index in [1.807, 2.05) is 27.0 Å². The van der Waals surface area contributed by atoms with E-state index >= 15 is 0 Å². The van der Waals surface area contributed by atoms with Crippen molar-refractivity contribution >= 4 is 5.69 Å². The van der Waals surface area contributed by atoms with Crippen molar-refractivity contribution in [2.75, 3.05) is 25.0 Å². The molecule has 100 valence electrons. The van der Waals surface area contributed by atoms with Crippen LogP contribution in [0, 0.1) is 5.82 Å². The van der Waals surface area contributed by atoms with Gasteiger partial charge in [-0.15, -0.1) is 0 Å². The molecule has 1 aliphatic heterocycles. The number of hydrogen-bond donors (Lipinski definition) is 1. The number of anilines is 1. The molecular formula is C14H21FN2O. The quantitative estimate of drug-likeness (QED) is 0.892. The molecule has 1 aromatic rings. The fourth-order valence-corrected chi connectivity index (χ4v) is 2.61. The number of hydrogen-bond acceptors (Lipinski definition) is 3. The number of para-hydroxylation sites is 1. The van der Waals surface area contributed by atoms with Crippen LogP contribution in [0.1, 0.15) is 19.4 Å². The van der Waals surface area contributed by atoms with Crippen molar-refractivity contribution in [2.45, 2.75) is 32.6 Å². The van der Waals surface area contributed by atoms with Crippen LogP contribution < -0.4 is 10.2 Å². The molecule has 3 nitrogen and oxygen atoms in total. The number of nitrogens with one attached hydrogen (secondary N) is 1. The Morgan fingerprint density at radius 1 is 1.33 bits per heavy atom. The molecule has 1 N–H and O–H groups in total. The van der Waals surface area contributed by atoms with E-state index < -0.39 is 0 Å². The second-order valence-corrected chi connectivity index (χ2v) is 4.94. The SMILES string of the molecule is CNCc1cccc(F)c1N1CC(C)OC(C)C1. The first-order valence-corrected chi connectivity index (χ1v) is 6.44. The molecule has 0 radical (unpaired) electrons. The zero-order valence-corrected chi connectivity index (χ0v) is 11.2. The summed E-state index contributed by atoms with van der Waals surface area (Å²) < 4.78 is 19.8. The van der Waals surface area contributed by atoms with Gasteiger partial charge in [-0.25, -0.2) is 4.39 Å². The molecule has 1 fully saturated rings. The van der Waals surface area contributed by atoms with E-state index in [1.165, 1.54) is 6.07 Å². The summed E-state index contributed by atoms with van der Waals surface area (Å²) in [5.74, 6) is -0.149. The van der Waals surface area contributed by atoms with Crippen LogP contribution in [0.3, 0.4) is 0 Å². The fraction of sp³-hybridized carbons (Fsp3) is 0.571. The van der Waals surface area contributed by atoms with Crippen molar-refractivity contribution in [2.24, 2.45) is 0 Å². The molecule has 1 heterocycles. The number of benzene rings is 1. The average Bonchev–Trinajstić information content (AvgIpc) is 2.28. The summed E-state index contributed by atoms with van der Waals surface area (Å²) in [6.07, 6.45) is 0.270. The Balaban J connectivity index is 2.30. The van der Waals surface area contributed by atoms with Gasteiger partial charge in [0, 0.05) is 19.6 Å². The van der Waals surface area contributed by atoms with Crippen LogP contribution in [0.25, 0.3) is 0 Å². The highest BCUT2D eigenvalue weighted by atomic mass is 19.1. The smallest absolute Gasteiger partial charge is 0.146 e. The van der Waals surface area contributed by atoms with E-state index in [-0.39, 0.29) is 18.0 Å². The third-order valence-corrected chi connectivity index (χ3v) is 3.17. The van der Waals surface area contributed by atoms with Gasteiger partial charge in [0.05, 0.1) is 17.9 Å². The van der Waals surface area contributed by atoms with Crippen molar-refractivity contribution in [3.63, 3.8) is 0 Å². The lowest BCUT2D eigenvalue weighted by Gasteiger charge is -2.38. The number of ether oxygens (including phenoxy) is 1. The standard InChI is InChI=1S/C14H21FN2O/c1-10-8-17(9-11(2)18-10)14-12(7-16-3)5-4-6-13(14)15/h4-6,10-11,16H,7-9H2,1-3H3. The summed E-state index contributed by atoms with van der Waals surface area (Å²) in [5.41, 5.74) is 1.72. The molecular weight excluding hydrogens is 231 g/mol. The Hall–Kier alpha value is -1.13. The molecule has 0 aromatic heterocycles. The lowest BCUT2D eigenvalue weighted by atomic mass is 10.1. The lowest BCUT2D eigenvalue weighted by Crippen LogP contribution is -2.46. The Morgan fingerprint density at radius 3 is 2.61 bits per heavy atom. The lowest BCUT2D eigenvalue weighted by molar-refractivity contribution is -0.00544. The Morgan fingerprint density at radius 2 is 2.00 bits per heavy atom. The molecule has 0 amide bonds. The van der Waals surface area contributed by atoms with E-state index in [1.54, 1.807) is 6.07 Å². The molecule has 2 rings (SSSR count). The molecule has 0 saturated carbocycles. The van der Waals surface area contributed by atoms with Gasteiger partial charge >= 0.3 is 0 Å². The van der Waals surface area contributed by atoms with Gasteiger partial charge in [0.15, 0.2) is 0 Å². The second kappa shape index (κ2) is 5.67. The monoisotopic (exact) mass is 252 g/mol. The summed E-state index contributed by atoms with van der Waals surface area (Å²) in [7, 11) is 1.87. The van der Waals surface area contributed by atoms with Crippen LogP contribution in [0.5, 0.6) is 0 Å². The van der Waals surface area contributed by atoms with Crippen LogP contribution in [0.15, 0.2) is 18.2 Å². The number of morpholine rings is 1. The van der Waals surface area contributed by atoms with Crippen LogP contribution in [0.4, 0.5) is 10.1 Å². The minimum absolute atomic E-state index is 0.135. The van der Waals surface area contributed by atoms with E-state index in [0.29, 0.717) is 12.2 Å². The summed E-state index contributed by atoms with van der Waals surface area (Å²) in [6.45, 7) is 6.21. The zero-order chi connectivity index (χ0) is 13.1. The number of nitrogens with zero attached hydrogens (tertiary/aromatic N) is 1. The molecule has 0 spiro atoms. The molecule has 18 heavy (non-hydrogen) atoms.